The molecule has 0 atom stereocenters. The minimum atomic E-state index is 0.818. The van der Waals surface area contributed by atoms with Crippen molar-refractivity contribution in [3.05, 3.63) is 23.5 Å². The first-order valence-corrected chi connectivity index (χ1v) is 6.99. The van der Waals surface area contributed by atoms with Gasteiger partial charge in [-0.15, -0.1) is 0 Å². The first kappa shape index (κ1) is 17.1. The summed E-state index contributed by atoms with van der Waals surface area (Å²) in [6, 6.07) is 0. The fourth-order valence-corrected chi connectivity index (χ4v) is 2.10. The first-order valence-electron chi connectivity index (χ1n) is 6.99. The summed E-state index contributed by atoms with van der Waals surface area (Å²) in [5, 5.41) is 0. The number of guanidine groups is 2. The van der Waals surface area contributed by atoms with Gasteiger partial charge < -0.3 is 19.6 Å². The predicted molar refractivity (Wildman–Crippen MR) is 90.4 cm³/mol. The van der Waals surface area contributed by atoms with Crippen molar-refractivity contribution in [3.63, 3.8) is 0 Å². The Kier molecular flexibility index (Phi) is 5.81. The summed E-state index contributed by atoms with van der Waals surface area (Å²) in [6.45, 7) is 0. The summed E-state index contributed by atoms with van der Waals surface area (Å²) < 4.78 is 0. The standard InChI is InChI=1S/C15H28N6/c1-18(2)14(19(3)4)16-12-9-10-13(11-12)17-15(20(5)6)21(7)8/h9,11H,10H2,1-8H3. The van der Waals surface area contributed by atoms with Crippen molar-refractivity contribution >= 4 is 11.9 Å². The van der Waals surface area contributed by atoms with Crippen LogP contribution in [0.2, 0.25) is 0 Å². The average Bonchev–Trinajstić information content (AvgIpc) is 2.79. The molecule has 0 aromatic rings. The van der Waals surface area contributed by atoms with E-state index < -0.39 is 0 Å². The molecule has 0 heterocycles. The van der Waals surface area contributed by atoms with Gasteiger partial charge in [-0.3, -0.25) is 0 Å². The Morgan fingerprint density at radius 2 is 1.19 bits per heavy atom. The molecule has 0 radical (unpaired) electrons. The van der Waals surface area contributed by atoms with Gasteiger partial charge in [0.2, 0.25) is 5.96 Å². The minimum Gasteiger partial charge on any atom is -0.349 e. The maximum absolute atomic E-state index is 4.70. The molecule has 21 heavy (non-hydrogen) atoms. The SMILES string of the molecule is CN(C)C(=NC1=CCC(N=C(N(C)C)N(C)C)=C1)N(C)C. The summed E-state index contributed by atoms with van der Waals surface area (Å²) in [5.74, 6) is 1.85. The third-order valence-corrected chi connectivity index (χ3v) is 2.91. The van der Waals surface area contributed by atoms with Crippen LogP contribution in [0.15, 0.2) is 33.5 Å². The van der Waals surface area contributed by atoms with Crippen molar-refractivity contribution in [1.82, 2.24) is 19.6 Å². The van der Waals surface area contributed by atoms with Crippen LogP contribution in [0.1, 0.15) is 6.42 Å². The van der Waals surface area contributed by atoms with Gasteiger partial charge in [-0.1, -0.05) is 6.08 Å². The molecular formula is C15H28N6. The zero-order valence-electron chi connectivity index (χ0n) is 14.5. The first-order chi connectivity index (χ1) is 9.72. The zero-order valence-corrected chi connectivity index (χ0v) is 14.5. The molecule has 118 valence electrons. The van der Waals surface area contributed by atoms with Crippen LogP contribution in [0.4, 0.5) is 0 Å². The maximum atomic E-state index is 4.70. The van der Waals surface area contributed by atoms with Gasteiger partial charge in [-0.2, -0.15) is 0 Å². The van der Waals surface area contributed by atoms with Gasteiger partial charge >= 0.3 is 0 Å². The van der Waals surface area contributed by atoms with E-state index in [2.05, 4.69) is 11.1 Å². The molecule has 0 saturated carbocycles. The van der Waals surface area contributed by atoms with Crippen LogP contribution in [-0.2, 0) is 0 Å². The highest BCUT2D eigenvalue weighted by Gasteiger charge is 2.12. The number of rotatable bonds is 2. The monoisotopic (exact) mass is 292 g/mol. The molecule has 1 rings (SSSR count). The molecule has 0 spiro atoms. The van der Waals surface area contributed by atoms with E-state index in [0.717, 1.165) is 29.7 Å². The summed E-state index contributed by atoms with van der Waals surface area (Å²) >= 11 is 0. The highest BCUT2D eigenvalue weighted by molar-refractivity contribution is 5.81. The quantitative estimate of drug-likeness (QED) is 0.564. The van der Waals surface area contributed by atoms with E-state index in [9.17, 15) is 0 Å². The summed E-state index contributed by atoms with van der Waals surface area (Å²) in [7, 11) is 16.0. The Hall–Kier alpha value is -1.98. The Morgan fingerprint density at radius 3 is 1.62 bits per heavy atom. The fraction of sp³-hybridized carbons (Fsp3) is 0.600. The molecule has 0 bridgehead atoms. The third-order valence-electron chi connectivity index (χ3n) is 2.91. The topological polar surface area (TPSA) is 37.7 Å². The predicted octanol–water partition coefficient (Wildman–Crippen LogP) is 1.12. The molecule has 0 aliphatic heterocycles. The Balaban J connectivity index is 2.96. The van der Waals surface area contributed by atoms with E-state index in [1.807, 2.05) is 82.1 Å². The van der Waals surface area contributed by atoms with E-state index in [4.69, 9.17) is 4.99 Å². The molecule has 0 amide bonds. The zero-order chi connectivity index (χ0) is 16.2. The molecule has 0 aromatic heterocycles. The van der Waals surface area contributed by atoms with E-state index >= 15 is 0 Å². The van der Waals surface area contributed by atoms with E-state index in [-0.39, 0.29) is 0 Å². The lowest BCUT2D eigenvalue weighted by molar-refractivity contribution is 0.482. The molecule has 1 aliphatic carbocycles. The van der Waals surface area contributed by atoms with Gasteiger partial charge in [-0.05, 0) is 6.08 Å². The third kappa shape index (κ3) is 4.81. The van der Waals surface area contributed by atoms with Crippen molar-refractivity contribution in [2.75, 3.05) is 56.4 Å². The molecule has 0 aromatic carbocycles. The Bertz CT molecular complexity index is 460. The fourth-order valence-electron chi connectivity index (χ4n) is 2.10. The van der Waals surface area contributed by atoms with Crippen LogP contribution >= 0.6 is 0 Å². The van der Waals surface area contributed by atoms with Gasteiger partial charge in [0.1, 0.15) is 0 Å². The van der Waals surface area contributed by atoms with Crippen molar-refractivity contribution in [1.29, 1.82) is 0 Å². The summed E-state index contributed by atoms with van der Waals surface area (Å²) in [5.41, 5.74) is 1.99. The van der Waals surface area contributed by atoms with Gasteiger partial charge in [0.15, 0.2) is 5.96 Å². The average molecular weight is 292 g/mol. The van der Waals surface area contributed by atoms with Gasteiger partial charge in [0.05, 0.1) is 11.4 Å². The van der Waals surface area contributed by atoms with Crippen molar-refractivity contribution in [2.24, 2.45) is 9.98 Å². The van der Waals surface area contributed by atoms with E-state index in [0.29, 0.717) is 0 Å². The lowest BCUT2D eigenvalue weighted by atomic mass is 10.4. The normalized spacial score (nSPS) is 13.1. The number of aliphatic imine (C=N–C) groups is 2. The van der Waals surface area contributed by atoms with Gasteiger partial charge in [-0.25, -0.2) is 9.98 Å². The molecule has 6 heteroatoms. The second kappa shape index (κ2) is 7.15. The highest BCUT2D eigenvalue weighted by atomic mass is 15.3. The smallest absolute Gasteiger partial charge is 0.200 e. The largest absolute Gasteiger partial charge is 0.349 e. The lowest BCUT2D eigenvalue weighted by Crippen LogP contribution is -2.35. The van der Waals surface area contributed by atoms with E-state index in [1.54, 1.807) is 0 Å². The second-order valence-corrected chi connectivity index (χ2v) is 5.87. The van der Waals surface area contributed by atoms with Crippen molar-refractivity contribution < 1.29 is 0 Å². The van der Waals surface area contributed by atoms with Crippen LogP contribution in [0, 0.1) is 0 Å². The minimum absolute atomic E-state index is 0.818. The second-order valence-electron chi connectivity index (χ2n) is 5.87. The van der Waals surface area contributed by atoms with Crippen LogP contribution in [0.5, 0.6) is 0 Å². The highest BCUT2D eigenvalue weighted by Crippen LogP contribution is 2.20. The van der Waals surface area contributed by atoms with Crippen molar-refractivity contribution in [3.8, 4) is 0 Å². The van der Waals surface area contributed by atoms with Crippen molar-refractivity contribution in [2.45, 2.75) is 6.42 Å². The van der Waals surface area contributed by atoms with Crippen LogP contribution < -0.4 is 0 Å². The van der Waals surface area contributed by atoms with Crippen LogP contribution in [0.3, 0.4) is 0 Å². The molecule has 6 nitrogen and oxygen atoms in total. The number of hydrogen-bond donors (Lipinski definition) is 0. The number of nitrogens with zero attached hydrogens (tertiary/aromatic N) is 6. The molecular weight excluding hydrogens is 264 g/mol. The van der Waals surface area contributed by atoms with Crippen LogP contribution in [-0.4, -0.2) is 87.9 Å². The molecule has 0 fully saturated rings. The summed E-state index contributed by atoms with van der Waals surface area (Å²) in [4.78, 5) is 17.4. The molecule has 0 unspecified atom stereocenters. The number of allylic oxidation sites excluding steroid dienone is 2. The Morgan fingerprint density at radius 1 is 0.762 bits per heavy atom. The number of hydrogen-bond acceptors (Lipinski definition) is 2. The lowest BCUT2D eigenvalue weighted by Gasteiger charge is -2.22. The maximum Gasteiger partial charge on any atom is 0.200 e. The molecule has 1 aliphatic rings. The Labute approximate surface area is 128 Å². The van der Waals surface area contributed by atoms with Crippen LogP contribution in [0.25, 0.3) is 0 Å². The summed E-state index contributed by atoms with van der Waals surface area (Å²) in [6.07, 6.45) is 4.97. The van der Waals surface area contributed by atoms with Gasteiger partial charge in [0.25, 0.3) is 0 Å². The van der Waals surface area contributed by atoms with E-state index in [1.165, 1.54) is 0 Å². The molecule has 0 saturated heterocycles. The van der Waals surface area contributed by atoms with Gasteiger partial charge in [0, 0.05) is 62.8 Å². The molecule has 0 N–H and O–H groups in total.